The quantitative estimate of drug-likeness (QED) is 0.520. The molecule has 0 aromatic rings. The Morgan fingerprint density at radius 3 is 2.71 bits per heavy atom. The van der Waals surface area contributed by atoms with Crippen LogP contribution in [0.25, 0.3) is 0 Å². The van der Waals surface area contributed by atoms with Crippen LogP contribution in [0, 0.1) is 5.92 Å². The van der Waals surface area contributed by atoms with Crippen LogP contribution in [0.15, 0.2) is 28.5 Å². The zero-order chi connectivity index (χ0) is 10.9. The van der Waals surface area contributed by atoms with E-state index in [1.54, 1.807) is 6.08 Å². The third kappa shape index (κ3) is 1.89. The third-order valence-electron chi connectivity index (χ3n) is 2.55. The minimum Gasteiger partial charge on any atom is -0.398 e. The smallest absolute Gasteiger partial charge is 0.156 e. The zero-order valence-corrected chi connectivity index (χ0v) is 8.66. The van der Waals surface area contributed by atoms with Crippen LogP contribution in [0.4, 0.5) is 0 Å². The third-order valence-corrected chi connectivity index (χ3v) is 2.55. The van der Waals surface area contributed by atoms with E-state index < -0.39 is 6.00 Å². The molecule has 0 bridgehead atoms. The normalized spacial score (nSPS) is 23.4. The SMILES string of the molecule is [B]C(O)C1=C(C(C)=O)C(C)C(C)=C=C1. The summed E-state index contributed by atoms with van der Waals surface area (Å²) in [5.41, 5.74) is 5.05. The molecule has 0 spiro atoms. The zero-order valence-electron chi connectivity index (χ0n) is 8.66. The molecule has 2 nitrogen and oxygen atoms in total. The first-order valence-corrected chi connectivity index (χ1v) is 4.57. The molecule has 0 fully saturated rings. The molecule has 1 N–H and O–H groups in total. The monoisotopic (exact) mass is 188 g/mol. The minimum absolute atomic E-state index is 0.00861. The summed E-state index contributed by atoms with van der Waals surface area (Å²) in [6, 6.07) is -1.10. The van der Waals surface area contributed by atoms with Gasteiger partial charge in [0.15, 0.2) is 5.78 Å². The number of carbonyl (C=O) groups is 1. The van der Waals surface area contributed by atoms with Crippen molar-refractivity contribution in [2.45, 2.75) is 26.8 Å². The van der Waals surface area contributed by atoms with Gasteiger partial charge in [0.25, 0.3) is 0 Å². The lowest BCUT2D eigenvalue weighted by Crippen LogP contribution is -2.20. The van der Waals surface area contributed by atoms with E-state index in [1.807, 2.05) is 13.8 Å². The maximum Gasteiger partial charge on any atom is 0.156 e. The van der Waals surface area contributed by atoms with Gasteiger partial charge in [-0.2, -0.15) is 0 Å². The topological polar surface area (TPSA) is 37.3 Å². The van der Waals surface area contributed by atoms with E-state index in [2.05, 4.69) is 5.73 Å². The van der Waals surface area contributed by atoms with Gasteiger partial charge >= 0.3 is 0 Å². The molecular formula is C11H13BO2. The Bertz CT molecular complexity index is 357. The largest absolute Gasteiger partial charge is 0.398 e. The molecule has 0 heterocycles. The van der Waals surface area contributed by atoms with Crippen molar-refractivity contribution in [3.05, 3.63) is 28.5 Å². The first-order chi connectivity index (χ1) is 6.45. The van der Waals surface area contributed by atoms with Crippen LogP contribution in [0.1, 0.15) is 20.8 Å². The van der Waals surface area contributed by atoms with Gasteiger partial charge in [-0.3, -0.25) is 4.79 Å². The van der Waals surface area contributed by atoms with Gasteiger partial charge in [0, 0.05) is 17.5 Å². The lowest BCUT2D eigenvalue weighted by molar-refractivity contribution is -0.114. The fourth-order valence-corrected chi connectivity index (χ4v) is 1.61. The minimum atomic E-state index is -1.10. The summed E-state index contributed by atoms with van der Waals surface area (Å²) < 4.78 is 0. The van der Waals surface area contributed by atoms with Crippen LogP contribution in [0.2, 0.25) is 0 Å². The van der Waals surface area contributed by atoms with E-state index in [4.69, 9.17) is 7.85 Å². The molecule has 2 radical (unpaired) electrons. The van der Waals surface area contributed by atoms with Crippen LogP contribution in [-0.2, 0) is 4.79 Å². The van der Waals surface area contributed by atoms with E-state index in [9.17, 15) is 9.90 Å². The van der Waals surface area contributed by atoms with Crippen LogP contribution in [0.5, 0.6) is 0 Å². The molecule has 0 saturated carbocycles. The maximum atomic E-state index is 11.4. The Hall–Kier alpha value is -1.05. The second-order valence-electron chi connectivity index (χ2n) is 3.56. The highest BCUT2D eigenvalue weighted by atomic mass is 16.3. The number of aliphatic hydroxyl groups is 1. The summed E-state index contributed by atoms with van der Waals surface area (Å²) in [5, 5.41) is 9.29. The highest BCUT2D eigenvalue weighted by molar-refractivity contribution is 6.14. The molecule has 0 amide bonds. The number of hydrogen-bond donors (Lipinski definition) is 1. The van der Waals surface area contributed by atoms with Crippen molar-refractivity contribution in [3.8, 4) is 0 Å². The predicted molar refractivity (Wildman–Crippen MR) is 55.9 cm³/mol. The molecule has 1 aliphatic carbocycles. The molecule has 0 aromatic heterocycles. The van der Waals surface area contributed by atoms with Crippen molar-refractivity contribution in [1.82, 2.24) is 0 Å². The van der Waals surface area contributed by atoms with Crippen molar-refractivity contribution in [1.29, 1.82) is 0 Å². The van der Waals surface area contributed by atoms with Gasteiger partial charge in [-0.1, -0.05) is 6.92 Å². The number of hydrogen-bond acceptors (Lipinski definition) is 2. The Labute approximate surface area is 85.4 Å². The van der Waals surface area contributed by atoms with Gasteiger partial charge in [0.05, 0.1) is 0 Å². The van der Waals surface area contributed by atoms with E-state index in [-0.39, 0.29) is 11.7 Å². The molecule has 72 valence electrons. The van der Waals surface area contributed by atoms with Crippen molar-refractivity contribution in [2.75, 3.05) is 0 Å². The Morgan fingerprint density at radius 2 is 2.29 bits per heavy atom. The summed E-state index contributed by atoms with van der Waals surface area (Å²) in [6.07, 6.45) is 1.59. The number of aliphatic hydroxyl groups excluding tert-OH is 1. The van der Waals surface area contributed by atoms with E-state index in [1.165, 1.54) is 6.92 Å². The highest BCUT2D eigenvalue weighted by Crippen LogP contribution is 2.28. The van der Waals surface area contributed by atoms with Gasteiger partial charge in [0.1, 0.15) is 7.85 Å². The fraction of sp³-hybridized carbons (Fsp3) is 0.455. The lowest BCUT2D eigenvalue weighted by Gasteiger charge is -2.21. The lowest BCUT2D eigenvalue weighted by atomic mass is 9.79. The molecule has 0 aromatic carbocycles. The van der Waals surface area contributed by atoms with E-state index in [0.29, 0.717) is 11.1 Å². The summed E-state index contributed by atoms with van der Waals surface area (Å²) in [5.74, 6) is -0.0557. The van der Waals surface area contributed by atoms with Crippen molar-refractivity contribution < 1.29 is 9.90 Å². The summed E-state index contributed by atoms with van der Waals surface area (Å²) >= 11 is 0. The molecule has 0 saturated heterocycles. The number of ketones is 1. The van der Waals surface area contributed by atoms with Crippen LogP contribution >= 0.6 is 0 Å². The highest BCUT2D eigenvalue weighted by Gasteiger charge is 2.22. The predicted octanol–water partition coefficient (Wildman–Crippen LogP) is 1.11. The fourth-order valence-electron chi connectivity index (χ4n) is 1.61. The Morgan fingerprint density at radius 1 is 1.71 bits per heavy atom. The summed E-state index contributed by atoms with van der Waals surface area (Å²) in [6.45, 7) is 5.30. The molecule has 0 aliphatic heterocycles. The molecule has 1 aliphatic rings. The average Bonchev–Trinajstić information content (AvgIpc) is 2.08. The van der Waals surface area contributed by atoms with Gasteiger partial charge in [0.2, 0.25) is 0 Å². The first kappa shape index (κ1) is 11.0. The van der Waals surface area contributed by atoms with Crippen molar-refractivity contribution >= 4 is 13.6 Å². The molecular weight excluding hydrogens is 175 g/mol. The van der Waals surface area contributed by atoms with Crippen molar-refractivity contribution in [3.63, 3.8) is 0 Å². The van der Waals surface area contributed by atoms with Gasteiger partial charge in [-0.15, -0.1) is 5.73 Å². The molecule has 1 rings (SSSR count). The molecule has 2 unspecified atom stereocenters. The second kappa shape index (κ2) is 3.99. The Balaban J connectivity index is 3.29. The molecule has 3 heteroatoms. The number of allylic oxidation sites excluding steroid dienone is 1. The Kier molecular flexibility index (Phi) is 3.15. The summed E-state index contributed by atoms with van der Waals surface area (Å²) in [7, 11) is 5.37. The van der Waals surface area contributed by atoms with Crippen molar-refractivity contribution in [2.24, 2.45) is 5.92 Å². The van der Waals surface area contributed by atoms with E-state index >= 15 is 0 Å². The van der Waals surface area contributed by atoms with Crippen LogP contribution in [0.3, 0.4) is 0 Å². The van der Waals surface area contributed by atoms with E-state index in [0.717, 1.165) is 5.57 Å². The van der Waals surface area contributed by atoms with Gasteiger partial charge in [-0.05, 0) is 31.1 Å². The first-order valence-electron chi connectivity index (χ1n) is 4.57. The number of Topliss-reactive ketones (excluding diaryl/α,β-unsaturated/α-hetero) is 1. The molecule has 14 heavy (non-hydrogen) atoms. The number of rotatable bonds is 2. The van der Waals surface area contributed by atoms with Gasteiger partial charge < -0.3 is 5.11 Å². The average molecular weight is 188 g/mol. The number of carbonyl (C=O) groups excluding carboxylic acids is 1. The standard InChI is InChI=1S/C11H13BO2/c1-6-4-5-9(11(12)14)10(7(6)2)8(3)13/h5,7,11,14H,1-3H3. The summed E-state index contributed by atoms with van der Waals surface area (Å²) in [4.78, 5) is 11.4. The van der Waals surface area contributed by atoms with Crippen LogP contribution < -0.4 is 0 Å². The molecule has 2 atom stereocenters. The second-order valence-corrected chi connectivity index (χ2v) is 3.56. The van der Waals surface area contributed by atoms with Crippen LogP contribution in [-0.4, -0.2) is 24.7 Å². The maximum absolute atomic E-state index is 11.4. The van der Waals surface area contributed by atoms with Gasteiger partial charge in [-0.25, -0.2) is 0 Å².